The second-order valence-corrected chi connectivity index (χ2v) is 3.06. The van der Waals surface area contributed by atoms with E-state index in [-0.39, 0.29) is 12.7 Å². The zero-order chi connectivity index (χ0) is 10.7. The normalized spacial score (nSPS) is 13.1. The van der Waals surface area contributed by atoms with Crippen LogP contribution in [0.4, 0.5) is 5.69 Å². The highest BCUT2D eigenvalue weighted by molar-refractivity contribution is 5.99. The second kappa shape index (κ2) is 4.04. The van der Waals surface area contributed by atoms with Gasteiger partial charge in [-0.15, -0.1) is 0 Å². The summed E-state index contributed by atoms with van der Waals surface area (Å²) in [5.41, 5.74) is 0.697. The van der Waals surface area contributed by atoms with Gasteiger partial charge in [0.15, 0.2) is 11.5 Å². The number of rotatable bonds is 2. The average molecular weight is 205 g/mol. The first-order valence-corrected chi connectivity index (χ1v) is 4.63. The molecule has 1 aromatic rings. The van der Waals surface area contributed by atoms with Gasteiger partial charge in [-0.05, 0) is 25.1 Å². The SMILES string of the molecule is CC=CC(=O)Nc1ccc2c(c1)OCO2. The lowest BCUT2D eigenvalue weighted by Gasteiger charge is -2.02. The van der Waals surface area contributed by atoms with E-state index in [1.807, 2.05) is 0 Å². The molecular formula is C11H11NO3. The maximum Gasteiger partial charge on any atom is 0.248 e. The molecular weight excluding hydrogens is 194 g/mol. The third kappa shape index (κ3) is 2.10. The number of ether oxygens (including phenoxy) is 2. The number of hydrogen-bond donors (Lipinski definition) is 1. The molecule has 4 nitrogen and oxygen atoms in total. The van der Waals surface area contributed by atoms with Crippen LogP contribution in [0.1, 0.15) is 6.92 Å². The second-order valence-electron chi connectivity index (χ2n) is 3.06. The van der Waals surface area contributed by atoms with Crippen molar-refractivity contribution >= 4 is 11.6 Å². The van der Waals surface area contributed by atoms with Gasteiger partial charge in [0, 0.05) is 11.8 Å². The number of amides is 1. The molecule has 0 fully saturated rings. The molecule has 1 heterocycles. The van der Waals surface area contributed by atoms with Crippen LogP contribution >= 0.6 is 0 Å². The number of fused-ring (bicyclic) bond motifs is 1. The molecule has 0 aliphatic carbocycles. The molecule has 78 valence electrons. The molecule has 1 aliphatic rings. The van der Waals surface area contributed by atoms with Gasteiger partial charge in [-0.3, -0.25) is 4.79 Å². The number of anilines is 1. The van der Waals surface area contributed by atoms with Crippen LogP contribution in [0.25, 0.3) is 0 Å². The fourth-order valence-electron chi connectivity index (χ4n) is 1.31. The molecule has 0 saturated carbocycles. The monoisotopic (exact) mass is 205 g/mol. The molecule has 0 atom stereocenters. The van der Waals surface area contributed by atoms with Gasteiger partial charge in [-0.1, -0.05) is 6.08 Å². The Kier molecular flexibility index (Phi) is 2.58. The quantitative estimate of drug-likeness (QED) is 0.750. The molecule has 0 spiro atoms. The maximum atomic E-state index is 11.2. The molecule has 0 bridgehead atoms. The van der Waals surface area contributed by atoms with Crippen molar-refractivity contribution in [3.63, 3.8) is 0 Å². The highest BCUT2D eigenvalue weighted by Crippen LogP contribution is 2.34. The van der Waals surface area contributed by atoms with Crippen LogP contribution in [-0.4, -0.2) is 12.7 Å². The summed E-state index contributed by atoms with van der Waals surface area (Å²) in [6.45, 7) is 2.03. The lowest BCUT2D eigenvalue weighted by molar-refractivity contribution is -0.111. The van der Waals surface area contributed by atoms with Crippen molar-refractivity contribution in [3.8, 4) is 11.5 Å². The van der Waals surface area contributed by atoms with Gasteiger partial charge >= 0.3 is 0 Å². The van der Waals surface area contributed by atoms with Crippen molar-refractivity contribution in [2.45, 2.75) is 6.92 Å². The number of hydrogen-bond acceptors (Lipinski definition) is 3. The third-order valence-corrected chi connectivity index (χ3v) is 1.96. The van der Waals surface area contributed by atoms with Gasteiger partial charge < -0.3 is 14.8 Å². The van der Waals surface area contributed by atoms with E-state index in [0.717, 1.165) is 0 Å². The highest BCUT2D eigenvalue weighted by Gasteiger charge is 2.13. The summed E-state index contributed by atoms with van der Waals surface area (Å²) >= 11 is 0. The zero-order valence-corrected chi connectivity index (χ0v) is 8.32. The molecule has 0 saturated heterocycles. The van der Waals surface area contributed by atoms with E-state index in [1.165, 1.54) is 6.08 Å². The smallest absolute Gasteiger partial charge is 0.248 e. The Labute approximate surface area is 87.5 Å². The van der Waals surface area contributed by atoms with Crippen molar-refractivity contribution in [2.24, 2.45) is 0 Å². The first-order chi connectivity index (χ1) is 7.29. The molecule has 1 N–H and O–H groups in total. The molecule has 1 amide bonds. The number of nitrogens with one attached hydrogen (secondary N) is 1. The van der Waals surface area contributed by atoms with E-state index in [4.69, 9.17) is 9.47 Å². The Morgan fingerprint density at radius 2 is 2.20 bits per heavy atom. The van der Waals surface area contributed by atoms with Crippen LogP contribution in [0.15, 0.2) is 30.4 Å². The van der Waals surface area contributed by atoms with Gasteiger partial charge in [0.1, 0.15) is 0 Å². The van der Waals surface area contributed by atoms with Gasteiger partial charge in [-0.2, -0.15) is 0 Å². The summed E-state index contributed by atoms with van der Waals surface area (Å²) in [5.74, 6) is 1.21. The molecule has 0 radical (unpaired) electrons. The predicted molar refractivity (Wildman–Crippen MR) is 56.0 cm³/mol. The van der Waals surface area contributed by atoms with Crippen molar-refractivity contribution in [3.05, 3.63) is 30.4 Å². The largest absolute Gasteiger partial charge is 0.454 e. The summed E-state index contributed by atoms with van der Waals surface area (Å²) in [5, 5.41) is 2.71. The Hall–Kier alpha value is -1.97. The van der Waals surface area contributed by atoms with E-state index in [9.17, 15) is 4.79 Å². The van der Waals surface area contributed by atoms with Crippen LogP contribution in [0.5, 0.6) is 11.5 Å². The fourth-order valence-corrected chi connectivity index (χ4v) is 1.31. The maximum absolute atomic E-state index is 11.2. The Morgan fingerprint density at radius 3 is 3.00 bits per heavy atom. The summed E-state index contributed by atoms with van der Waals surface area (Å²) in [7, 11) is 0. The molecule has 1 aromatic carbocycles. The number of benzene rings is 1. The standard InChI is InChI=1S/C11H11NO3/c1-2-3-11(13)12-8-4-5-9-10(6-8)15-7-14-9/h2-6H,7H2,1H3,(H,12,13). The molecule has 15 heavy (non-hydrogen) atoms. The number of allylic oxidation sites excluding steroid dienone is 1. The van der Waals surface area contributed by atoms with E-state index in [0.29, 0.717) is 17.2 Å². The van der Waals surface area contributed by atoms with Crippen LogP contribution in [-0.2, 0) is 4.79 Å². The highest BCUT2D eigenvalue weighted by atomic mass is 16.7. The number of carbonyl (C=O) groups is 1. The minimum absolute atomic E-state index is 0.156. The summed E-state index contributed by atoms with van der Waals surface area (Å²) < 4.78 is 10.3. The summed E-state index contributed by atoms with van der Waals surface area (Å²) in [6, 6.07) is 5.28. The van der Waals surface area contributed by atoms with Crippen LogP contribution in [0, 0.1) is 0 Å². The molecule has 4 heteroatoms. The van der Waals surface area contributed by atoms with Crippen LogP contribution < -0.4 is 14.8 Å². The topological polar surface area (TPSA) is 47.6 Å². The van der Waals surface area contributed by atoms with E-state index in [2.05, 4.69) is 5.32 Å². The van der Waals surface area contributed by atoms with Crippen LogP contribution in [0.2, 0.25) is 0 Å². The van der Waals surface area contributed by atoms with Gasteiger partial charge in [0.2, 0.25) is 12.7 Å². The van der Waals surface area contributed by atoms with Crippen molar-refractivity contribution in [2.75, 3.05) is 12.1 Å². The minimum atomic E-state index is -0.156. The summed E-state index contributed by atoms with van der Waals surface area (Å²) in [6.07, 6.45) is 3.15. The Morgan fingerprint density at radius 1 is 1.40 bits per heavy atom. The fraction of sp³-hybridized carbons (Fsp3) is 0.182. The average Bonchev–Trinajstić information content (AvgIpc) is 2.65. The van der Waals surface area contributed by atoms with Crippen molar-refractivity contribution in [1.29, 1.82) is 0 Å². The Bertz CT molecular complexity index is 412. The zero-order valence-electron chi connectivity index (χ0n) is 8.32. The van der Waals surface area contributed by atoms with E-state index in [1.54, 1.807) is 31.2 Å². The van der Waals surface area contributed by atoms with E-state index >= 15 is 0 Å². The first kappa shape index (κ1) is 9.58. The lowest BCUT2D eigenvalue weighted by atomic mass is 10.2. The predicted octanol–water partition coefficient (Wildman–Crippen LogP) is 1.93. The van der Waals surface area contributed by atoms with E-state index < -0.39 is 0 Å². The van der Waals surface area contributed by atoms with Crippen molar-refractivity contribution in [1.82, 2.24) is 0 Å². The molecule has 2 rings (SSSR count). The Balaban J connectivity index is 2.13. The van der Waals surface area contributed by atoms with Crippen LogP contribution in [0.3, 0.4) is 0 Å². The van der Waals surface area contributed by atoms with Gasteiger partial charge in [-0.25, -0.2) is 0 Å². The van der Waals surface area contributed by atoms with Gasteiger partial charge in [0.25, 0.3) is 0 Å². The first-order valence-electron chi connectivity index (χ1n) is 4.63. The van der Waals surface area contributed by atoms with Gasteiger partial charge in [0.05, 0.1) is 0 Å². The third-order valence-electron chi connectivity index (χ3n) is 1.96. The number of carbonyl (C=O) groups excluding carboxylic acids is 1. The summed E-state index contributed by atoms with van der Waals surface area (Å²) in [4.78, 5) is 11.2. The minimum Gasteiger partial charge on any atom is -0.454 e. The molecule has 0 aromatic heterocycles. The molecule has 1 aliphatic heterocycles. The van der Waals surface area contributed by atoms with Crippen molar-refractivity contribution < 1.29 is 14.3 Å². The lowest BCUT2D eigenvalue weighted by Crippen LogP contribution is -2.07. The molecule has 0 unspecified atom stereocenters.